The normalized spacial score (nSPS) is 11.1. The van der Waals surface area contributed by atoms with Crippen molar-refractivity contribution < 1.29 is 4.42 Å². The molecule has 0 amide bonds. The van der Waals surface area contributed by atoms with E-state index < -0.39 is 0 Å². The van der Waals surface area contributed by atoms with Crippen LogP contribution in [0.25, 0.3) is 11.0 Å². The van der Waals surface area contributed by atoms with Gasteiger partial charge in [-0.1, -0.05) is 40.9 Å². The highest BCUT2D eigenvalue weighted by Crippen LogP contribution is 2.29. The SMILES string of the molecule is Cc1c(Cc2c(Cl)cccc2Cl)c(=O)oc2ccc(Cl)cc12. The van der Waals surface area contributed by atoms with Crippen molar-refractivity contribution in [3.63, 3.8) is 0 Å². The smallest absolute Gasteiger partial charge is 0.340 e. The van der Waals surface area contributed by atoms with Crippen molar-refractivity contribution in [3.05, 3.63) is 78.6 Å². The summed E-state index contributed by atoms with van der Waals surface area (Å²) in [6.07, 6.45) is 0.315. The predicted molar refractivity (Wildman–Crippen MR) is 91.5 cm³/mol. The molecule has 0 radical (unpaired) electrons. The standard InChI is InChI=1S/C17H11Cl3O2/c1-9-11-7-10(18)5-6-16(11)22-17(21)12(9)8-13-14(19)3-2-4-15(13)20/h2-7H,8H2,1H3. The number of hydrogen-bond donors (Lipinski definition) is 0. The molecule has 3 aromatic rings. The van der Waals surface area contributed by atoms with Crippen molar-refractivity contribution in [2.45, 2.75) is 13.3 Å². The van der Waals surface area contributed by atoms with E-state index in [1.165, 1.54) is 0 Å². The molecule has 22 heavy (non-hydrogen) atoms. The monoisotopic (exact) mass is 352 g/mol. The number of hydrogen-bond acceptors (Lipinski definition) is 2. The molecule has 112 valence electrons. The first-order valence-electron chi connectivity index (χ1n) is 6.62. The van der Waals surface area contributed by atoms with E-state index in [1.54, 1.807) is 36.4 Å². The Bertz CT molecular complexity index is 909. The Hall–Kier alpha value is -1.48. The third-order valence-electron chi connectivity index (χ3n) is 3.66. The first-order valence-corrected chi connectivity index (χ1v) is 7.75. The van der Waals surface area contributed by atoms with Gasteiger partial charge in [-0.25, -0.2) is 4.79 Å². The van der Waals surface area contributed by atoms with Crippen LogP contribution in [0.1, 0.15) is 16.7 Å². The molecule has 0 saturated carbocycles. The van der Waals surface area contributed by atoms with Crippen molar-refractivity contribution in [3.8, 4) is 0 Å². The maximum Gasteiger partial charge on any atom is 0.340 e. The largest absolute Gasteiger partial charge is 0.423 e. The lowest BCUT2D eigenvalue weighted by molar-refractivity contribution is 0.551. The van der Waals surface area contributed by atoms with Crippen LogP contribution in [0.15, 0.2) is 45.6 Å². The van der Waals surface area contributed by atoms with Gasteiger partial charge in [0.05, 0.1) is 0 Å². The molecule has 0 aliphatic heterocycles. The maximum atomic E-state index is 12.3. The number of aryl methyl sites for hydroxylation is 1. The second kappa shape index (κ2) is 5.96. The zero-order valence-corrected chi connectivity index (χ0v) is 13.9. The summed E-state index contributed by atoms with van der Waals surface area (Å²) in [5.41, 5.74) is 2.20. The van der Waals surface area contributed by atoms with E-state index in [4.69, 9.17) is 39.2 Å². The molecule has 3 rings (SSSR count). The van der Waals surface area contributed by atoms with Crippen LogP contribution in [0, 0.1) is 6.92 Å². The van der Waals surface area contributed by atoms with Gasteiger partial charge in [-0.2, -0.15) is 0 Å². The minimum absolute atomic E-state index is 0.315. The third kappa shape index (κ3) is 2.74. The summed E-state index contributed by atoms with van der Waals surface area (Å²) in [7, 11) is 0. The van der Waals surface area contributed by atoms with Crippen LogP contribution in [0.2, 0.25) is 15.1 Å². The molecular weight excluding hydrogens is 343 g/mol. The van der Waals surface area contributed by atoms with Crippen molar-refractivity contribution in [1.82, 2.24) is 0 Å². The van der Waals surface area contributed by atoms with Gasteiger partial charge < -0.3 is 4.42 Å². The first-order chi connectivity index (χ1) is 10.5. The molecule has 0 spiro atoms. The van der Waals surface area contributed by atoms with Crippen molar-refractivity contribution in [2.75, 3.05) is 0 Å². The molecule has 0 atom stereocenters. The Morgan fingerprint density at radius 3 is 2.36 bits per heavy atom. The molecular formula is C17H11Cl3O2. The summed E-state index contributed by atoms with van der Waals surface area (Å²) in [5, 5.41) is 2.45. The summed E-state index contributed by atoms with van der Waals surface area (Å²) in [6.45, 7) is 1.87. The zero-order chi connectivity index (χ0) is 15.9. The van der Waals surface area contributed by atoms with Crippen LogP contribution in [-0.4, -0.2) is 0 Å². The van der Waals surface area contributed by atoms with Gasteiger partial charge in [-0.3, -0.25) is 0 Å². The number of halogens is 3. The fourth-order valence-corrected chi connectivity index (χ4v) is 3.15. The van der Waals surface area contributed by atoms with E-state index >= 15 is 0 Å². The highest BCUT2D eigenvalue weighted by Gasteiger charge is 2.15. The van der Waals surface area contributed by atoms with Crippen molar-refractivity contribution in [2.24, 2.45) is 0 Å². The van der Waals surface area contributed by atoms with E-state index in [1.807, 2.05) is 6.92 Å². The van der Waals surface area contributed by atoms with E-state index in [2.05, 4.69) is 0 Å². The van der Waals surface area contributed by atoms with E-state index in [0.29, 0.717) is 38.2 Å². The van der Waals surface area contributed by atoms with Crippen LogP contribution < -0.4 is 5.63 Å². The number of rotatable bonds is 2. The Labute approximate surface area is 142 Å². The van der Waals surface area contributed by atoms with Gasteiger partial charge >= 0.3 is 5.63 Å². The predicted octanol–water partition coefficient (Wildman–Crippen LogP) is 5.65. The summed E-state index contributed by atoms with van der Waals surface area (Å²) >= 11 is 18.4. The van der Waals surface area contributed by atoms with Gasteiger partial charge in [0.15, 0.2) is 0 Å². The van der Waals surface area contributed by atoms with Gasteiger partial charge in [-0.15, -0.1) is 0 Å². The average molecular weight is 354 g/mol. The van der Waals surface area contributed by atoms with Gasteiger partial charge in [0, 0.05) is 32.4 Å². The van der Waals surface area contributed by atoms with Crippen LogP contribution in [-0.2, 0) is 6.42 Å². The highest BCUT2D eigenvalue weighted by molar-refractivity contribution is 6.36. The number of benzene rings is 2. The van der Waals surface area contributed by atoms with Crippen LogP contribution >= 0.6 is 34.8 Å². The summed E-state index contributed by atoms with van der Waals surface area (Å²) < 4.78 is 5.38. The topological polar surface area (TPSA) is 30.2 Å². The molecule has 0 aliphatic carbocycles. The highest BCUT2D eigenvalue weighted by atomic mass is 35.5. The van der Waals surface area contributed by atoms with Gasteiger partial charge in [-0.05, 0) is 48.4 Å². The molecule has 2 nitrogen and oxygen atoms in total. The Morgan fingerprint density at radius 1 is 1.00 bits per heavy atom. The van der Waals surface area contributed by atoms with Crippen molar-refractivity contribution in [1.29, 1.82) is 0 Å². The summed E-state index contributed by atoms with van der Waals surface area (Å²) in [4.78, 5) is 12.3. The van der Waals surface area contributed by atoms with Crippen LogP contribution in [0.4, 0.5) is 0 Å². The minimum atomic E-state index is -0.386. The molecule has 0 fully saturated rings. The van der Waals surface area contributed by atoms with Crippen LogP contribution in [0.3, 0.4) is 0 Å². The van der Waals surface area contributed by atoms with E-state index in [-0.39, 0.29) is 5.63 Å². The molecule has 0 saturated heterocycles. The lowest BCUT2D eigenvalue weighted by Gasteiger charge is -2.10. The van der Waals surface area contributed by atoms with Crippen molar-refractivity contribution >= 4 is 45.8 Å². The zero-order valence-electron chi connectivity index (χ0n) is 11.6. The van der Waals surface area contributed by atoms with Gasteiger partial charge in [0.25, 0.3) is 0 Å². The fourth-order valence-electron chi connectivity index (χ4n) is 2.44. The Morgan fingerprint density at radius 2 is 1.68 bits per heavy atom. The second-order valence-electron chi connectivity index (χ2n) is 5.01. The Kier molecular flexibility index (Phi) is 4.18. The second-order valence-corrected chi connectivity index (χ2v) is 6.26. The maximum absolute atomic E-state index is 12.3. The van der Waals surface area contributed by atoms with Crippen LogP contribution in [0.5, 0.6) is 0 Å². The first kappa shape index (κ1) is 15.4. The lowest BCUT2D eigenvalue weighted by atomic mass is 9.99. The lowest BCUT2D eigenvalue weighted by Crippen LogP contribution is -2.11. The molecule has 1 aromatic heterocycles. The molecule has 2 aromatic carbocycles. The minimum Gasteiger partial charge on any atom is -0.423 e. The molecule has 0 unspecified atom stereocenters. The van der Waals surface area contributed by atoms with Gasteiger partial charge in [0.2, 0.25) is 0 Å². The molecule has 1 heterocycles. The fraction of sp³-hybridized carbons (Fsp3) is 0.118. The summed E-state index contributed by atoms with van der Waals surface area (Å²) in [5.74, 6) is 0. The van der Waals surface area contributed by atoms with Gasteiger partial charge in [0.1, 0.15) is 5.58 Å². The summed E-state index contributed by atoms with van der Waals surface area (Å²) in [6, 6.07) is 10.4. The quantitative estimate of drug-likeness (QED) is 0.557. The van der Waals surface area contributed by atoms with E-state index in [9.17, 15) is 4.79 Å². The molecule has 0 aliphatic rings. The van der Waals surface area contributed by atoms with E-state index in [0.717, 1.165) is 10.9 Å². The number of fused-ring (bicyclic) bond motifs is 1. The Balaban J connectivity index is 2.21. The molecule has 5 heteroatoms. The molecule has 0 bridgehead atoms. The average Bonchev–Trinajstić information content (AvgIpc) is 2.47. The molecule has 0 N–H and O–H groups in total. The third-order valence-corrected chi connectivity index (χ3v) is 4.61.